The van der Waals surface area contributed by atoms with Crippen LogP contribution >= 0.6 is 35.3 Å². The number of hydrogen-bond acceptors (Lipinski definition) is 4. The number of aliphatic hydroxyl groups is 1. The zero-order valence-corrected chi connectivity index (χ0v) is 20.3. The molecule has 1 heterocycles. The van der Waals surface area contributed by atoms with Gasteiger partial charge < -0.3 is 15.7 Å². The summed E-state index contributed by atoms with van der Waals surface area (Å²) in [6, 6.07) is 20.5. The van der Waals surface area contributed by atoms with Gasteiger partial charge in [0.2, 0.25) is 0 Å². The van der Waals surface area contributed by atoms with Crippen LogP contribution in [0.2, 0.25) is 0 Å². The molecule has 0 saturated carbocycles. The Labute approximate surface area is 199 Å². The van der Waals surface area contributed by atoms with E-state index in [4.69, 9.17) is 4.98 Å². The summed E-state index contributed by atoms with van der Waals surface area (Å²) in [5, 5.41) is 19.6. The lowest BCUT2D eigenvalue weighted by Gasteiger charge is -2.17. The van der Waals surface area contributed by atoms with E-state index in [1.54, 1.807) is 18.4 Å². The second-order valence-corrected chi connectivity index (χ2v) is 7.76. The molecule has 0 radical (unpaired) electrons. The lowest BCUT2D eigenvalue weighted by molar-refractivity contribution is 0.265. The molecule has 0 amide bonds. The molecule has 160 valence electrons. The Bertz CT molecular complexity index is 886. The van der Waals surface area contributed by atoms with E-state index in [1.165, 1.54) is 5.56 Å². The number of rotatable bonds is 9. The molecule has 0 fully saturated rings. The Morgan fingerprint density at radius 1 is 1.03 bits per heavy atom. The van der Waals surface area contributed by atoms with Crippen molar-refractivity contribution in [3.63, 3.8) is 0 Å². The number of thiazole rings is 1. The summed E-state index contributed by atoms with van der Waals surface area (Å²) in [6.07, 6.45) is 1.96. The maximum absolute atomic E-state index is 9.70. The number of aryl methyl sites for hydroxylation is 2. The van der Waals surface area contributed by atoms with Crippen molar-refractivity contribution < 1.29 is 5.11 Å². The summed E-state index contributed by atoms with van der Waals surface area (Å²) in [5.74, 6) is 0.733. The highest BCUT2D eigenvalue weighted by Gasteiger charge is 2.11. The third kappa shape index (κ3) is 7.70. The van der Waals surface area contributed by atoms with Crippen LogP contribution in [0.25, 0.3) is 0 Å². The van der Waals surface area contributed by atoms with Crippen LogP contribution in [0.4, 0.5) is 0 Å². The monoisotopic (exact) mass is 536 g/mol. The summed E-state index contributed by atoms with van der Waals surface area (Å²) in [5.41, 5.74) is 3.46. The van der Waals surface area contributed by atoms with Gasteiger partial charge in [0, 0.05) is 31.3 Å². The molecule has 1 aromatic heterocycles. The number of hydrogen-bond donors (Lipinski definition) is 3. The number of halogens is 1. The van der Waals surface area contributed by atoms with Gasteiger partial charge in [-0.3, -0.25) is 4.99 Å². The number of nitrogens with one attached hydrogen (secondary N) is 2. The number of benzene rings is 2. The zero-order chi connectivity index (χ0) is 20.3. The first-order valence-electron chi connectivity index (χ1n) is 9.86. The predicted molar refractivity (Wildman–Crippen MR) is 136 cm³/mol. The Morgan fingerprint density at radius 3 is 2.40 bits per heavy atom. The van der Waals surface area contributed by atoms with E-state index in [-0.39, 0.29) is 36.5 Å². The highest BCUT2D eigenvalue weighted by molar-refractivity contribution is 14.0. The Balaban J connectivity index is 0.00000320. The number of aromatic nitrogens is 1. The molecule has 0 aliphatic carbocycles. The second-order valence-electron chi connectivity index (χ2n) is 6.82. The van der Waals surface area contributed by atoms with Crippen molar-refractivity contribution in [3.05, 3.63) is 87.9 Å². The van der Waals surface area contributed by atoms with E-state index in [2.05, 4.69) is 45.3 Å². The highest BCUT2D eigenvalue weighted by Crippen LogP contribution is 2.14. The molecular weight excluding hydrogens is 507 g/mol. The summed E-state index contributed by atoms with van der Waals surface area (Å²) in [4.78, 5) is 9.00. The summed E-state index contributed by atoms with van der Waals surface area (Å²) >= 11 is 1.70. The fourth-order valence-electron chi connectivity index (χ4n) is 3.07. The topological polar surface area (TPSA) is 69.5 Å². The van der Waals surface area contributed by atoms with Gasteiger partial charge in [-0.1, -0.05) is 60.7 Å². The quantitative estimate of drug-likeness (QED) is 0.220. The Kier molecular flexibility index (Phi) is 10.8. The first-order chi connectivity index (χ1) is 14.3. The van der Waals surface area contributed by atoms with Gasteiger partial charge in [-0.2, -0.15) is 0 Å². The van der Waals surface area contributed by atoms with Crippen molar-refractivity contribution in [2.45, 2.75) is 25.3 Å². The largest absolute Gasteiger partial charge is 0.396 e. The number of aliphatic imine (C=N–C) groups is 1. The molecule has 0 aliphatic heterocycles. The number of aliphatic hydroxyl groups excluding tert-OH is 1. The van der Waals surface area contributed by atoms with Crippen molar-refractivity contribution in [3.8, 4) is 0 Å². The summed E-state index contributed by atoms with van der Waals surface area (Å²) in [6.45, 7) is 1.32. The van der Waals surface area contributed by atoms with E-state index < -0.39 is 0 Å². The molecule has 0 aliphatic rings. The van der Waals surface area contributed by atoms with E-state index in [1.807, 2.05) is 36.4 Å². The Hall–Kier alpha value is -1.97. The molecule has 1 unspecified atom stereocenters. The maximum Gasteiger partial charge on any atom is 0.191 e. The van der Waals surface area contributed by atoms with Gasteiger partial charge in [-0.15, -0.1) is 35.3 Å². The lowest BCUT2D eigenvalue weighted by Crippen LogP contribution is -2.39. The average Bonchev–Trinajstić information content (AvgIpc) is 3.24. The predicted octanol–water partition coefficient (Wildman–Crippen LogP) is 3.99. The molecule has 3 rings (SSSR count). The minimum atomic E-state index is 0. The fourth-order valence-corrected chi connectivity index (χ4v) is 3.87. The smallest absolute Gasteiger partial charge is 0.191 e. The molecule has 0 spiro atoms. The maximum atomic E-state index is 9.70. The molecule has 1 atom stereocenters. The van der Waals surface area contributed by atoms with Crippen molar-refractivity contribution in [2.24, 2.45) is 4.99 Å². The third-order valence-electron chi connectivity index (χ3n) is 4.74. The Morgan fingerprint density at radius 2 is 1.73 bits per heavy atom. The SMILES string of the molecule is CN=C(NCc1csc(CCc2ccccc2)n1)NCC(CO)c1ccccc1.I. The van der Waals surface area contributed by atoms with Crippen molar-refractivity contribution in [1.82, 2.24) is 15.6 Å². The van der Waals surface area contributed by atoms with Gasteiger partial charge in [0.25, 0.3) is 0 Å². The standard InChI is InChI=1S/C23H28N4OS.HI/c1-24-23(25-14-20(16-28)19-10-6-3-7-11-19)26-15-21-17-29-22(27-21)13-12-18-8-4-2-5-9-18;/h2-11,17,20,28H,12-16H2,1H3,(H2,24,25,26);1H. The molecular formula is C23H29IN4OS. The van der Waals surface area contributed by atoms with Crippen LogP contribution in [0.1, 0.15) is 27.7 Å². The molecule has 0 bridgehead atoms. The molecule has 7 heteroatoms. The minimum Gasteiger partial charge on any atom is -0.396 e. The first-order valence-corrected chi connectivity index (χ1v) is 10.7. The van der Waals surface area contributed by atoms with Crippen LogP contribution in [0.15, 0.2) is 71.0 Å². The minimum absolute atomic E-state index is 0. The average molecular weight is 536 g/mol. The number of nitrogens with zero attached hydrogens (tertiary/aromatic N) is 2. The molecule has 2 aromatic carbocycles. The second kappa shape index (κ2) is 13.4. The molecule has 3 aromatic rings. The molecule has 5 nitrogen and oxygen atoms in total. The lowest BCUT2D eigenvalue weighted by atomic mass is 10.0. The van der Waals surface area contributed by atoms with Gasteiger partial charge in [0.15, 0.2) is 5.96 Å². The van der Waals surface area contributed by atoms with Crippen LogP contribution in [-0.4, -0.2) is 36.2 Å². The van der Waals surface area contributed by atoms with Crippen molar-refractivity contribution >= 4 is 41.3 Å². The van der Waals surface area contributed by atoms with Gasteiger partial charge >= 0.3 is 0 Å². The van der Waals surface area contributed by atoms with E-state index in [9.17, 15) is 5.11 Å². The van der Waals surface area contributed by atoms with Gasteiger partial charge in [0.05, 0.1) is 23.9 Å². The van der Waals surface area contributed by atoms with Gasteiger partial charge in [0.1, 0.15) is 0 Å². The number of guanidine groups is 1. The molecule has 0 saturated heterocycles. The molecule has 30 heavy (non-hydrogen) atoms. The molecule has 3 N–H and O–H groups in total. The van der Waals surface area contributed by atoms with E-state index in [0.717, 1.165) is 29.1 Å². The summed E-state index contributed by atoms with van der Waals surface area (Å²) < 4.78 is 0. The zero-order valence-electron chi connectivity index (χ0n) is 17.1. The van der Waals surface area contributed by atoms with Crippen molar-refractivity contribution in [2.75, 3.05) is 20.2 Å². The third-order valence-corrected chi connectivity index (χ3v) is 5.69. The van der Waals surface area contributed by atoms with Crippen LogP contribution in [0, 0.1) is 0 Å². The van der Waals surface area contributed by atoms with Crippen molar-refractivity contribution in [1.29, 1.82) is 0 Å². The van der Waals surface area contributed by atoms with Crippen LogP contribution in [0.3, 0.4) is 0 Å². The fraction of sp³-hybridized carbons (Fsp3) is 0.304. The van der Waals surface area contributed by atoms with Crippen LogP contribution in [-0.2, 0) is 19.4 Å². The summed E-state index contributed by atoms with van der Waals surface area (Å²) in [7, 11) is 1.75. The van der Waals surface area contributed by atoms with Gasteiger partial charge in [-0.25, -0.2) is 4.98 Å². The van der Waals surface area contributed by atoms with Gasteiger partial charge in [-0.05, 0) is 17.5 Å². The van der Waals surface area contributed by atoms with E-state index >= 15 is 0 Å². The first kappa shape index (κ1) is 24.3. The highest BCUT2D eigenvalue weighted by atomic mass is 127. The van der Waals surface area contributed by atoms with Crippen LogP contribution < -0.4 is 10.6 Å². The van der Waals surface area contributed by atoms with Crippen LogP contribution in [0.5, 0.6) is 0 Å². The normalized spacial score (nSPS) is 12.1. The van der Waals surface area contributed by atoms with E-state index in [0.29, 0.717) is 19.0 Å².